The fraction of sp³-hybridized carbons (Fsp3) is 0.188. The Morgan fingerprint density at radius 1 is 1.25 bits per heavy atom. The van der Waals surface area contributed by atoms with Gasteiger partial charge in [-0.15, -0.1) is 0 Å². The van der Waals surface area contributed by atoms with Crippen molar-refractivity contribution in [3.05, 3.63) is 64.9 Å². The van der Waals surface area contributed by atoms with Crippen LogP contribution in [0.2, 0.25) is 5.02 Å². The number of rotatable bonds is 6. The monoisotopic (exact) mass is 371 g/mol. The second kappa shape index (κ2) is 7.74. The first-order valence-electron chi connectivity index (χ1n) is 6.92. The van der Waals surface area contributed by atoms with Crippen molar-refractivity contribution in [3.63, 3.8) is 0 Å². The molecule has 0 amide bonds. The van der Waals surface area contributed by atoms with E-state index in [0.717, 1.165) is 24.8 Å². The maximum absolute atomic E-state index is 13.9. The van der Waals surface area contributed by atoms with E-state index >= 15 is 0 Å². The van der Waals surface area contributed by atoms with Gasteiger partial charge in [0, 0.05) is 5.02 Å². The van der Waals surface area contributed by atoms with E-state index in [2.05, 4.69) is 9.46 Å². The van der Waals surface area contributed by atoms with Gasteiger partial charge in [-0.3, -0.25) is 4.79 Å². The lowest BCUT2D eigenvalue weighted by Gasteiger charge is -2.17. The van der Waals surface area contributed by atoms with E-state index < -0.39 is 32.7 Å². The quantitative estimate of drug-likeness (QED) is 0.792. The molecule has 1 N–H and O–H groups in total. The van der Waals surface area contributed by atoms with E-state index in [1.165, 1.54) is 6.07 Å². The van der Waals surface area contributed by atoms with Crippen molar-refractivity contribution in [1.29, 1.82) is 0 Å². The minimum absolute atomic E-state index is 0.0697. The third-order valence-electron chi connectivity index (χ3n) is 3.25. The summed E-state index contributed by atoms with van der Waals surface area (Å²) in [6, 6.07) is 10.8. The molecule has 1 atom stereocenters. The van der Waals surface area contributed by atoms with E-state index in [-0.39, 0.29) is 11.4 Å². The Hall–Kier alpha value is -1.96. The second-order valence-corrected chi connectivity index (χ2v) is 7.08. The van der Waals surface area contributed by atoms with Crippen molar-refractivity contribution in [2.24, 2.45) is 0 Å². The number of benzene rings is 2. The number of methoxy groups -OCH3 is 1. The number of carbonyl (C=O) groups is 1. The van der Waals surface area contributed by atoms with Crippen molar-refractivity contribution >= 4 is 27.6 Å². The number of ether oxygens (including phenoxy) is 1. The molecular weight excluding hydrogens is 357 g/mol. The Balaban J connectivity index is 2.29. The number of hydrogen-bond acceptors (Lipinski definition) is 4. The van der Waals surface area contributed by atoms with Crippen LogP contribution in [0.15, 0.2) is 53.4 Å². The summed E-state index contributed by atoms with van der Waals surface area (Å²) in [6.07, 6.45) is 0.0714. The summed E-state index contributed by atoms with van der Waals surface area (Å²) in [6.45, 7) is 0. The topological polar surface area (TPSA) is 72.5 Å². The van der Waals surface area contributed by atoms with E-state index in [4.69, 9.17) is 11.6 Å². The molecule has 0 aromatic heterocycles. The highest BCUT2D eigenvalue weighted by Gasteiger charge is 2.28. The van der Waals surface area contributed by atoms with E-state index in [0.29, 0.717) is 0 Å². The van der Waals surface area contributed by atoms with Gasteiger partial charge in [0.15, 0.2) is 0 Å². The van der Waals surface area contributed by atoms with Crippen LogP contribution < -0.4 is 4.72 Å². The van der Waals surface area contributed by atoms with Crippen molar-refractivity contribution in [1.82, 2.24) is 4.72 Å². The Bertz CT molecular complexity index is 827. The molecule has 128 valence electrons. The van der Waals surface area contributed by atoms with Crippen molar-refractivity contribution in [2.75, 3.05) is 7.11 Å². The van der Waals surface area contributed by atoms with Crippen molar-refractivity contribution < 1.29 is 22.3 Å². The molecule has 0 aliphatic heterocycles. The van der Waals surface area contributed by atoms with Crippen LogP contribution in [0.3, 0.4) is 0 Å². The molecule has 2 aromatic carbocycles. The van der Waals surface area contributed by atoms with Crippen molar-refractivity contribution in [3.8, 4) is 0 Å². The van der Waals surface area contributed by atoms with Crippen LogP contribution in [-0.4, -0.2) is 27.5 Å². The summed E-state index contributed by atoms with van der Waals surface area (Å²) in [7, 11) is -3.12. The molecule has 24 heavy (non-hydrogen) atoms. The lowest BCUT2D eigenvalue weighted by atomic mass is 10.1. The van der Waals surface area contributed by atoms with Crippen LogP contribution in [0.4, 0.5) is 4.39 Å². The van der Waals surface area contributed by atoms with Gasteiger partial charge in [-0.1, -0.05) is 41.9 Å². The molecule has 8 heteroatoms. The molecule has 0 unspecified atom stereocenters. The minimum atomic E-state index is -4.27. The predicted molar refractivity (Wildman–Crippen MR) is 87.7 cm³/mol. The highest BCUT2D eigenvalue weighted by molar-refractivity contribution is 7.89. The van der Waals surface area contributed by atoms with Crippen LogP contribution in [0, 0.1) is 5.82 Å². The molecular formula is C16H15ClFNO4S. The molecule has 0 radical (unpaired) electrons. The minimum Gasteiger partial charge on any atom is -0.468 e. The Morgan fingerprint density at radius 2 is 1.92 bits per heavy atom. The SMILES string of the molecule is COC(=O)[C@H](Cc1ccccc1)NS(=O)(=O)c1ccc(Cl)cc1F. The van der Waals surface area contributed by atoms with Gasteiger partial charge in [0.25, 0.3) is 0 Å². The number of hydrogen-bond donors (Lipinski definition) is 1. The molecule has 0 saturated heterocycles. The van der Waals surface area contributed by atoms with E-state index in [1.807, 2.05) is 0 Å². The van der Waals surface area contributed by atoms with Gasteiger partial charge >= 0.3 is 5.97 Å². The zero-order valence-electron chi connectivity index (χ0n) is 12.7. The first-order valence-corrected chi connectivity index (χ1v) is 8.79. The number of carbonyl (C=O) groups excluding carboxylic acids is 1. The lowest BCUT2D eigenvalue weighted by Crippen LogP contribution is -2.43. The van der Waals surface area contributed by atoms with E-state index in [9.17, 15) is 17.6 Å². The van der Waals surface area contributed by atoms with Gasteiger partial charge in [0.05, 0.1) is 7.11 Å². The van der Waals surface area contributed by atoms with Gasteiger partial charge in [-0.2, -0.15) is 4.72 Å². The van der Waals surface area contributed by atoms with Gasteiger partial charge in [0.2, 0.25) is 10.0 Å². The molecule has 0 bridgehead atoms. The highest BCUT2D eigenvalue weighted by Crippen LogP contribution is 2.19. The van der Waals surface area contributed by atoms with Crippen LogP contribution in [0.25, 0.3) is 0 Å². The molecule has 2 rings (SSSR count). The van der Waals surface area contributed by atoms with Gasteiger partial charge in [0.1, 0.15) is 16.8 Å². The number of nitrogens with one attached hydrogen (secondary N) is 1. The average Bonchev–Trinajstić information content (AvgIpc) is 2.53. The molecule has 5 nitrogen and oxygen atoms in total. The summed E-state index contributed by atoms with van der Waals surface area (Å²) in [5.74, 6) is -1.77. The predicted octanol–water partition coefficient (Wildman–Crippen LogP) is 2.54. The number of esters is 1. The highest BCUT2D eigenvalue weighted by atomic mass is 35.5. The molecule has 2 aromatic rings. The largest absolute Gasteiger partial charge is 0.468 e. The molecule has 0 aliphatic carbocycles. The average molecular weight is 372 g/mol. The third kappa shape index (κ3) is 4.53. The molecule has 0 fully saturated rings. The summed E-state index contributed by atoms with van der Waals surface area (Å²) in [5.41, 5.74) is 0.729. The van der Waals surface area contributed by atoms with E-state index in [1.54, 1.807) is 30.3 Å². The first kappa shape index (κ1) is 18.4. The lowest BCUT2D eigenvalue weighted by molar-refractivity contribution is -0.142. The van der Waals surface area contributed by atoms with Crippen LogP contribution in [0.1, 0.15) is 5.56 Å². The van der Waals surface area contributed by atoms with Crippen LogP contribution in [-0.2, 0) is 26.0 Å². The first-order chi connectivity index (χ1) is 11.3. The van der Waals surface area contributed by atoms with Crippen LogP contribution >= 0.6 is 11.6 Å². The molecule has 0 heterocycles. The zero-order chi connectivity index (χ0) is 17.7. The summed E-state index contributed by atoms with van der Waals surface area (Å²) >= 11 is 5.62. The molecule has 0 saturated carbocycles. The fourth-order valence-corrected chi connectivity index (χ4v) is 3.51. The Morgan fingerprint density at radius 3 is 2.50 bits per heavy atom. The maximum Gasteiger partial charge on any atom is 0.324 e. The number of halogens is 2. The Labute approximate surface area is 144 Å². The Kier molecular flexibility index (Phi) is 5.93. The van der Waals surface area contributed by atoms with Gasteiger partial charge in [-0.05, 0) is 30.2 Å². The summed E-state index contributed by atoms with van der Waals surface area (Å²) < 4.78 is 45.5. The third-order valence-corrected chi connectivity index (χ3v) is 4.99. The summed E-state index contributed by atoms with van der Waals surface area (Å²) in [5, 5.41) is 0.0697. The van der Waals surface area contributed by atoms with Gasteiger partial charge < -0.3 is 4.74 Å². The normalized spacial score (nSPS) is 12.6. The smallest absolute Gasteiger partial charge is 0.324 e. The summed E-state index contributed by atoms with van der Waals surface area (Å²) in [4.78, 5) is 11.3. The number of sulfonamides is 1. The van der Waals surface area contributed by atoms with Crippen LogP contribution in [0.5, 0.6) is 0 Å². The van der Waals surface area contributed by atoms with Gasteiger partial charge in [-0.25, -0.2) is 12.8 Å². The standard InChI is InChI=1S/C16H15ClFNO4S/c1-23-16(20)14(9-11-5-3-2-4-6-11)19-24(21,22)15-8-7-12(17)10-13(15)18/h2-8,10,14,19H,9H2,1H3/t14-/m0/s1. The second-order valence-electron chi connectivity index (χ2n) is 4.96. The maximum atomic E-state index is 13.9. The molecule has 0 spiro atoms. The van der Waals surface area contributed by atoms with Crippen molar-refractivity contribution in [2.45, 2.75) is 17.4 Å². The zero-order valence-corrected chi connectivity index (χ0v) is 14.3. The fourth-order valence-electron chi connectivity index (χ4n) is 2.11. The molecule has 0 aliphatic rings.